The molecule has 0 saturated heterocycles. The summed E-state index contributed by atoms with van der Waals surface area (Å²) < 4.78 is 19.1. The van der Waals surface area contributed by atoms with Gasteiger partial charge in [-0.15, -0.1) is 0 Å². The third-order valence-corrected chi connectivity index (χ3v) is 3.56. The van der Waals surface area contributed by atoms with E-state index in [1.54, 1.807) is 18.2 Å². The first-order chi connectivity index (χ1) is 9.11. The van der Waals surface area contributed by atoms with Crippen molar-refractivity contribution in [2.24, 2.45) is 0 Å². The van der Waals surface area contributed by atoms with Crippen LogP contribution in [0.1, 0.15) is 18.1 Å². The van der Waals surface area contributed by atoms with Gasteiger partial charge in [-0.25, -0.2) is 4.39 Å². The normalized spacial score (nSPS) is 10.5. The second kappa shape index (κ2) is 6.27. The minimum atomic E-state index is -0.372. The highest BCUT2D eigenvalue weighted by molar-refractivity contribution is 6.31. The Morgan fingerprint density at radius 1 is 1.11 bits per heavy atom. The number of ether oxygens (including phenoxy) is 1. The highest BCUT2D eigenvalue weighted by Gasteiger charge is 2.08. The quantitative estimate of drug-likeness (QED) is 0.747. The van der Waals surface area contributed by atoms with Gasteiger partial charge < -0.3 is 4.74 Å². The van der Waals surface area contributed by atoms with Gasteiger partial charge in [0.25, 0.3) is 0 Å². The van der Waals surface area contributed by atoms with Crippen LogP contribution in [0, 0.1) is 5.82 Å². The average molecular weight is 299 g/mol. The molecule has 0 heterocycles. The summed E-state index contributed by atoms with van der Waals surface area (Å²) in [6.45, 7) is 2.11. The molecule has 19 heavy (non-hydrogen) atoms. The standard InChI is InChI=1S/C15H13Cl2FO/c1-2-10-6-7-11(8-14(10)17)19-9-12-13(16)4-3-5-15(12)18/h3-8H,2,9H2,1H3. The zero-order valence-corrected chi connectivity index (χ0v) is 11.9. The smallest absolute Gasteiger partial charge is 0.131 e. The molecule has 0 spiro atoms. The van der Waals surface area contributed by atoms with Gasteiger partial charge in [-0.3, -0.25) is 0 Å². The molecule has 100 valence electrons. The fourth-order valence-electron chi connectivity index (χ4n) is 1.73. The van der Waals surface area contributed by atoms with E-state index >= 15 is 0 Å². The second-order valence-electron chi connectivity index (χ2n) is 4.10. The highest BCUT2D eigenvalue weighted by Crippen LogP contribution is 2.25. The molecule has 0 bridgehead atoms. The van der Waals surface area contributed by atoms with Crippen LogP contribution in [0.3, 0.4) is 0 Å². The summed E-state index contributed by atoms with van der Waals surface area (Å²) >= 11 is 12.0. The Labute approximate surface area is 121 Å². The lowest BCUT2D eigenvalue weighted by Gasteiger charge is -2.10. The number of hydrogen-bond donors (Lipinski definition) is 0. The van der Waals surface area contributed by atoms with Crippen molar-refractivity contribution in [3.05, 3.63) is 63.4 Å². The first kappa shape index (κ1) is 14.2. The Hall–Kier alpha value is -1.25. The molecule has 0 fully saturated rings. The van der Waals surface area contributed by atoms with Crippen molar-refractivity contribution in [3.63, 3.8) is 0 Å². The van der Waals surface area contributed by atoms with Crippen LogP contribution in [0.2, 0.25) is 10.0 Å². The number of benzene rings is 2. The average Bonchev–Trinajstić information content (AvgIpc) is 2.38. The molecular weight excluding hydrogens is 286 g/mol. The first-order valence-corrected chi connectivity index (χ1v) is 6.71. The van der Waals surface area contributed by atoms with Gasteiger partial charge in [-0.1, -0.05) is 42.3 Å². The zero-order chi connectivity index (χ0) is 13.8. The lowest BCUT2D eigenvalue weighted by Crippen LogP contribution is -1.99. The second-order valence-corrected chi connectivity index (χ2v) is 4.91. The molecule has 0 aromatic heterocycles. The van der Waals surface area contributed by atoms with Crippen molar-refractivity contribution < 1.29 is 9.13 Å². The number of hydrogen-bond acceptors (Lipinski definition) is 1. The summed E-state index contributed by atoms with van der Waals surface area (Å²) in [6.07, 6.45) is 0.859. The van der Waals surface area contributed by atoms with Crippen LogP contribution in [0.5, 0.6) is 5.75 Å². The predicted molar refractivity (Wildman–Crippen MR) is 76.6 cm³/mol. The van der Waals surface area contributed by atoms with Gasteiger partial charge in [0.2, 0.25) is 0 Å². The fraction of sp³-hybridized carbons (Fsp3) is 0.200. The third-order valence-electron chi connectivity index (χ3n) is 2.85. The van der Waals surface area contributed by atoms with Crippen LogP contribution < -0.4 is 4.74 Å². The van der Waals surface area contributed by atoms with E-state index in [4.69, 9.17) is 27.9 Å². The van der Waals surface area contributed by atoms with E-state index in [1.165, 1.54) is 6.07 Å². The molecule has 2 aromatic rings. The van der Waals surface area contributed by atoms with Crippen molar-refractivity contribution in [2.45, 2.75) is 20.0 Å². The number of aryl methyl sites for hydroxylation is 1. The topological polar surface area (TPSA) is 9.23 Å². The minimum Gasteiger partial charge on any atom is -0.489 e. The maximum absolute atomic E-state index is 13.6. The highest BCUT2D eigenvalue weighted by atomic mass is 35.5. The van der Waals surface area contributed by atoms with Gasteiger partial charge in [0.05, 0.1) is 5.02 Å². The third kappa shape index (κ3) is 3.40. The Kier molecular flexibility index (Phi) is 4.67. The van der Waals surface area contributed by atoms with Crippen LogP contribution in [0.25, 0.3) is 0 Å². The van der Waals surface area contributed by atoms with E-state index in [1.807, 2.05) is 19.1 Å². The van der Waals surface area contributed by atoms with Gasteiger partial charge in [0, 0.05) is 10.6 Å². The molecule has 0 unspecified atom stereocenters. The molecule has 0 aliphatic carbocycles. The predicted octanol–water partition coefficient (Wildman–Crippen LogP) is 5.27. The van der Waals surface area contributed by atoms with E-state index in [2.05, 4.69) is 0 Å². The van der Waals surface area contributed by atoms with Crippen molar-refractivity contribution in [1.82, 2.24) is 0 Å². The lowest BCUT2D eigenvalue weighted by atomic mass is 10.1. The summed E-state index contributed by atoms with van der Waals surface area (Å²) in [4.78, 5) is 0. The van der Waals surface area contributed by atoms with Crippen molar-refractivity contribution in [1.29, 1.82) is 0 Å². The Morgan fingerprint density at radius 2 is 1.89 bits per heavy atom. The summed E-state index contributed by atoms with van der Waals surface area (Å²) in [5.41, 5.74) is 1.40. The summed E-state index contributed by atoms with van der Waals surface area (Å²) in [7, 11) is 0. The Morgan fingerprint density at radius 3 is 2.53 bits per heavy atom. The van der Waals surface area contributed by atoms with Gasteiger partial charge in [-0.05, 0) is 36.2 Å². The molecule has 2 rings (SSSR count). The minimum absolute atomic E-state index is 0.0767. The summed E-state index contributed by atoms with van der Waals surface area (Å²) in [5, 5.41) is 1.01. The molecule has 0 aliphatic heterocycles. The maximum atomic E-state index is 13.6. The fourth-order valence-corrected chi connectivity index (χ4v) is 2.25. The van der Waals surface area contributed by atoms with E-state index in [9.17, 15) is 4.39 Å². The summed E-state index contributed by atoms with van der Waals surface area (Å²) in [6, 6.07) is 10.0. The summed E-state index contributed by atoms with van der Waals surface area (Å²) in [5.74, 6) is 0.227. The van der Waals surface area contributed by atoms with Gasteiger partial charge >= 0.3 is 0 Å². The number of rotatable bonds is 4. The van der Waals surface area contributed by atoms with Crippen LogP contribution in [-0.4, -0.2) is 0 Å². The van der Waals surface area contributed by atoms with Crippen molar-refractivity contribution in [2.75, 3.05) is 0 Å². The zero-order valence-electron chi connectivity index (χ0n) is 10.4. The van der Waals surface area contributed by atoms with Crippen LogP contribution in [0.4, 0.5) is 4.39 Å². The lowest BCUT2D eigenvalue weighted by molar-refractivity contribution is 0.300. The molecule has 0 radical (unpaired) electrons. The molecular formula is C15H13Cl2FO. The van der Waals surface area contributed by atoms with Crippen LogP contribution >= 0.6 is 23.2 Å². The van der Waals surface area contributed by atoms with Crippen molar-refractivity contribution in [3.8, 4) is 5.75 Å². The molecule has 2 aromatic carbocycles. The van der Waals surface area contributed by atoms with Gasteiger partial charge in [0.15, 0.2) is 0 Å². The molecule has 4 heteroatoms. The molecule has 0 atom stereocenters. The van der Waals surface area contributed by atoms with Crippen molar-refractivity contribution >= 4 is 23.2 Å². The molecule has 0 saturated carbocycles. The van der Waals surface area contributed by atoms with E-state index in [0.717, 1.165) is 12.0 Å². The first-order valence-electron chi connectivity index (χ1n) is 5.96. The monoisotopic (exact) mass is 298 g/mol. The molecule has 0 amide bonds. The SMILES string of the molecule is CCc1ccc(OCc2c(F)cccc2Cl)cc1Cl. The molecule has 0 aliphatic rings. The number of halogens is 3. The van der Waals surface area contributed by atoms with E-state index in [0.29, 0.717) is 21.4 Å². The Bertz CT molecular complexity index is 564. The van der Waals surface area contributed by atoms with E-state index < -0.39 is 0 Å². The van der Waals surface area contributed by atoms with Gasteiger partial charge in [0.1, 0.15) is 18.2 Å². The molecule has 0 N–H and O–H groups in total. The van der Waals surface area contributed by atoms with Crippen LogP contribution in [-0.2, 0) is 13.0 Å². The van der Waals surface area contributed by atoms with Crippen LogP contribution in [0.15, 0.2) is 36.4 Å². The maximum Gasteiger partial charge on any atom is 0.131 e. The largest absolute Gasteiger partial charge is 0.489 e. The van der Waals surface area contributed by atoms with E-state index in [-0.39, 0.29) is 12.4 Å². The van der Waals surface area contributed by atoms with Gasteiger partial charge in [-0.2, -0.15) is 0 Å². The Balaban J connectivity index is 2.13. The molecule has 1 nitrogen and oxygen atoms in total.